The topological polar surface area (TPSA) is 55.1 Å². The lowest BCUT2D eigenvalue weighted by molar-refractivity contribution is -0.123. The molecule has 3 nitrogen and oxygen atoms in total. The molecule has 0 saturated carbocycles. The van der Waals surface area contributed by atoms with Gasteiger partial charge in [-0.05, 0) is 18.1 Å². The summed E-state index contributed by atoms with van der Waals surface area (Å²) in [5.74, 6) is 0.978. The number of rotatable bonds is 6. The summed E-state index contributed by atoms with van der Waals surface area (Å²) in [7, 11) is 0. The minimum atomic E-state index is -0.406. The average molecular weight is 252 g/mol. The van der Waals surface area contributed by atoms with E-state index in [1.165, 1.54) is 4.90 Å². The zero-order valence-corrected chi connectivity index (χ0v) is 11.2. The normalized spacial score (nSPS) is 12.5. The molecule has 94 valence electrons. The van der Waals surface area contributed by atoms with Crippen molar-refractivity contribution >= 4 is 17.7 Å². The third-order valence-electron chi connectivity index (χ3n) is 2.43. The Labute approximate surface area is 107 Å². The van der Waals surface area contributed by atoms with E-state index in [4.69, 9.17) is 5.73 Å². The van der Waals surface area contributed by atoms with Crippen molar-refractivity contribution in [2.75, 3.05) is 12.3 Å². The van der Waals surface area contributed by atoms with Gasteiger partial charge >= 0.3 is 0 Å². The van der Waals surface area contributed by atoms with E-state index in [-0.39, 0.29) is 11.8 Å². The summed E-state index contributed by atoms with van der Waals surface area (Å²) in [4.78, 5) is 12.8. The Kier molecular flexibility index (Phi) is 6.08. The van der Waals surface area contributed by atoms with Crippen LogP contribution in [0.3, 0.4) is 0 Å². The highest BCUT2D eigenvalue weighted by atomic mass is 32.2. The zero-order chi connectivity index (χ0) is 12.7. The average Bonchev–Trinajstić information content (AvgIpc) is 2.34. The first kappa shape index (κ1) is 14.1. The second kappa shape index (κ2) is 7.35. The highest BCUT2D eigenvalue weighted by Crippen LogP contribution is 2.15. The SMILES string of the molecule is CC(C)[C@@H](N)C(=O)NCCSc1ccccc1. The van der Waals surface area contributed by atoms with Crippen molar-refractivity contribution in [3.05, 3.63) is 30.3 Å². The molecule has 1 aromatic rings. The first-order valence-corrected chi connectivity index (χ1v) is 6.81. The fraction of sp³-hybridized carbons (Fsp3) is 0.462. The van der Waals surface area contributed by atoms with E-state index in [0.29, 0.717) is 6.54 Å². The van der Waals surface area contributed by atoms with Gasteiger partial charge in [-0.1, -0.05) is 32.0 Å². The molecule has 0 spiro atoms. The molecular weight excluding hydrogens is 232 g/mol. The summed E-state index contributed by atoms with van der Waals surface area (Å²) in [6, 6.07) is 9.73. The Morgan fingerprint density at radius 1 is 1.35 bits per heavy atom. The molecule has 0 aliphatic rings. The highest BCUT2D eigenvalue weighted by Gasteiger charge is 2.15. The van der Waals surface area contributed by atoms with Gasteiger partial charge in [0, 0.05) is 17.2 Å². The molecule has 1 aromatic carbocycles. The molecule has 0 aliphatic carbocycles. The fourth-order valence-electron chi connectivity index (χ4n) is 1.28. The van der Waals surface area contributed by atoms with Crippen LogP contribution in [0.2, 0.25) is 0 Å². The van der Waals surface area contributed by atoms with Gasteiger partial charge in [-0.3, -0.25) is 4.79 Å². The maximum absolute atomic E-state index is 11.6. The van der Waals surface area contributed by atoms with Crippen LogP contribution in [0.4, 0.5) is 0 Å². The lowest BCUT2D eigenvalue weighted by atomic mass is 10.1. The summed E-state index contributed by atoms with van der Waals surface area (Å²) < 4.78 is 0. The summed E-state index contributed by atoms with van der Waals surface area (Å²) in [6.07, 6.45) is 0. The van der Waals surface area contributed by atoms with Crippen molar-refractivity contribution in [3.8, 4) is 0 Å². The van der Waals surface area contributed by atoms with Gasteiger partial charge in [0.2, 0.25) is 5.91 Å². The lowest BCUT2D eigenvalue weighted by Gasteiger charge is -2.15. The molecule has 3 N–H and O–H groups in total. The van der Waals surface area contributed by atoms with Gasteiger partial charge in [0.25, 0.3) is 0 Å². The van der Waals surface area contributed by atoms with Crippen molar-refractivity contribution in [3.63, 3.8) is 0 Å². The van der Waals surface area contributed by atoms with E-state index in [9.17, 15) is 4.79 Å². The number of thioether (sulfide) groups is 1. The molecule has 1 amide bonds. The van der Waals surface area contributed by atoms with Crippen LogP contribution in [0.1, 0.15) is 13.8 Å². The molecule has 1 rings (SSSR count). The van der Waals surface area contributed by atoms with Gasteiger partial charge in [-0.2, -0.15) is 0 Å². The second-order valence-electron chi connectivity index (χ2n) is 4.22. The Morgan fingerprint density at radius 3 is 2.59 bits per heavy atom. The number of amides is 1. The van der Waals surface area contributed by atoms with Crippen molar-refractivity contribution in [2.24, 2.45) is 11.7 Å². The van der Waals surface area contributed by atoms with Crippen LogP contribution in [0.15, 0.2) is 35.2 Å². The Morgan fingerprint density at radius 2 is 2.00 bits per heavy atom. The van der Waals surface area contributed by atoms with Crippen molar-refractivity contribution in [1.82, 2.24) is 5.32 Å². The number of nitrogens with two attached hydrogens (primary N) is 1. The standard InChI is InChI=1S/C13H20N2OS/c1-10(2)12(14)13(16)15-8-9-17-11-6-4-3-5-7-11/h3-7,10,12H,8-9,14H2,1-2H3,(H,15,16)/t12-/m1/s1. The monoisotopic (exact) mass is 252 g/mol. The van der Waals surface area contributed by atoms with Crippen LogP contribution in [0, 0.1) is 5.92 Å². The van der Waals surface area contributed by atoms with E-state index in [1.54, 1.807) is 11.8 Å². The lowest BCUT2D eigenvalue weighted by Crippen LogP contribution is -2.44. The fourth-order valence-corrected chi connectivity index (χ4v) is 2.07. The van der Waals surface area contributed by atoms with E-state index in [2.05, 4.69) is 17.4 Å². The molecule has 0 bridgehead atoms. The maximum atomic E-state index is 11.6. The van der Waals surface area contributed by atoms with Gasteiger partial charge in [0.1, 0.15) is 0 Å². The molecule has 0 unspecified atom stereocenters. The molecule has 0 aliphatic heterocycles. The Balaban J connectivity index is 2.18. The number of hydrogen-bond acceptors (Lipinski definition) is 3. The molecule has 1 atom stereocenters. The predicted octanol–water partition coefficient (Wildman–Crippen LogP) is 1.88. The Bertz CT molecular complexity index is 341. The van der Waals surface area contributed by atoms with Gasteiger partial charge in [0.05, 0.1) is 6.04 Å². The number of benzene rings is 1. The number of nitrogens with one attached hydrogen (secondary N) is 1. The quantitative estimate of drug-likeness (QED) is 0.600. The first-order valence-electron chi connectivity index (χ1n) is 5.82. The molecule has 0 fully saturated rings. The molecule has 0 saturated heterocycles. The van der Waals surface area contributed by atoms with Gasteiger partial charge in [0.15, 0.2) is 0 Å². The van der Waals surface area contributed by atoms with Gasteiger partial charge in [-0.25, -0.2) is 0 Å². The smallest absolute Gasteiger partial charge is 0.237 e. The van der Waals surface area contributed by atoms with Crippen LogP contribution in [-0.4, -0.2) is 24.2 Å². The number of hydrogen-bond donors (Lipinski definition) is 2. The van der Waals surface area contributed by atoms with E-state index in [0.717, 1.165) is 5.75 Å². The second-order valence-corrected chi connectivity index (χ2v) is 5.39. The maximum Gasteiger partial charge on any atom is 0.237 e. The summed E-state index contributed by atoms with van der Waals surface area (Å²) in [5, 5.41) is 2.85. The Hall–Kier alpha value is -1.00. The molecule has 0 aromatic heterocycles. The number of carbonyl (C=O) groups is 1. The van der Waals surface area contributed by atoms with Gasteiger partial charge in [-0.15, -0.1) is 11.8 Å². The molecular formula is C13H20N2OS. The third kappa shape index (κ3) is 5.24. The van der Waals surface area contributed by atoms with Crippen LogP contribution in [-0.2, 0) is 4.79 Å². The van der Waals surface area contributed by atoms with E-state index in [1.807, 2.05) is 32.0 Å². The van der Waals surface area contributed by atoms with Gasteiger partial charge < -0.3 is 11.1 Å². The minimum absolute atomic E-state index is 0.0614. The molecule has 17 heavy (non-hydrogen) atoms. The minimum Gasteiger partial charge on any atom is -0.354 e. The third-order valence-corrected chi connectivity index (χ3v) is 3.45. The van der Waals surface area contributed by atoms with Crippen molar-refractivity contribution < 1.29 is 4.79 Å². The van der Waals surface area contributed by atoms with E-state index < -0.39 is 6.04 Å². The first-order chi connectivity index (χ1) is 8.11. The van der Waals surface area contributed by atoms with Crippen molar-refractivity contribution in [2.45, 2.75) is 24.8 Å². The summed E-state index contributed by atoms with van der Waals surface area (Å²) in [5.41, 5.74) is 5.73. The largest absolute Gasteiger partial charge is 0.354 e. The molecule has 4 heteroatoms. The summed E-state index contributed by atoms with van der Waals surface area (Å²) >= 11 is 1.73. The molecule has 0 heterocycles. The van der Waals surface area contributed by atoms with Crippen LogP contribution in [0.5, 0.6) is 0 Å². The highest BCUT2D eigenvalue weighted by molar-refractivity contribution is 7.99. The van der Waals surface area contributed by atoms with Crippen LogP contribution in [0.25, 0.3) is 0 Å². The zero-order valence-electron chi connectivity index (χ0n) is 10.3. The number of carbonyl (C=O) groups excluding carboxylic acids is 1. The van der Waals surface area contributed by atoms with Crippen LogP contribution < -0.4 is 11.1 Å². The van der Waals surface area contributed by atoms with Crippen LogP contribution >= 0.6 is 11.8 Å². The molecule has 0 radical (unpaired) electrons. The summed E-state index contributed by atoms with van der Waals surface area (Å²) in [6.45, 7) is 4.55. The van der Waals surface area contributed by atoms with Crippen molar-refractivity contribution in [1.29, 1.82) is 0 Å². The van der Waals surface area contributed by atoms with E-state index >= 15 is 0 Å². The predicted molar refractivity (Wildman–Crippen MR) is 73.0 cm³/mol.